The number of halogens is 1. The molecular formula is C16H20FN3O. The van der Waals surface area contributed by atoms with Crippen LogP contribution in [0.4, 0.5) is 15.9 Å². The summed E-state index contributed by atoms with van der Waals surface area (Å²) in [6.45, 7) is 2.27. The highest BCUT2D eigenvalue weighted by molar-refractivity contribution is 5.58. The van der Waals surface area contributed by atoms with Gasteiger partial charge in [0, 0.05) is 39.1 Å². The molecule has 0 saturated heterocycles. The van der Waals surface area contributed by atoms with Gasteiger partial charge in [-0.25, -0.2) is 9.37 Å². The van der Waals surface area contributed by atoms with Gasteiger partial charge in [-0.15, -0.1) is 0 Å². The number of nitrogens with one attached hydrogen (secondary N) is 1. The summed E-state index contributed by atoms with van der Waals surface area (Å²) in [6.07, 6.45) is 1.84. The molecule has 0 saturated carbocycles. The Morgan fingerprint density at radius 2 is 1.95 bits per heavy atom. The average molecular weight is 289 g/mol. The minimum atomic E-state index is -0.238. The molecule has 0 fully saturated rings. The fraction of sp³-hybridized carbons (Fsp3) is 0.312. The molecule has 0 aliphatic heterocycles. The smallest absolute Gasteiger partial charge is 0.132 e. The number of hydrogen-bond acceptors (Lipinski definition) is 4. The van der Waals surface area contributed by atoms with E-state index < -0.39 is 0 Å². The lowest BCUT2D eigenvalue weighted by atomic mass is 10.2. The summed E-state index contributed by atoms with van der Waals surface area (Å²) < 4.78 is 17.9. The molecule has 1 N–H and O–H groups in total. The Hall–Kier alpha value is -1.98. The Balaban J connectivity index is 1.96. The number of nitrogens with zero attached hydrogens (tertiary/aromatic N) is 2. The Morgan fingerprint density at radius 1 is 1.19 bits per heavy atom. The third-order valence-electron chi connectivity index (χ3n) is 3.18. The molecule has 2 rings (SSSR count). The molecule has 0 amide bonds. The van der Waals surface area contributed by atoms with Gasteiger partial charge in [0.05, 0.1) is 6.61 Å². The lowest BCUT2D eigenvalue weighted by molar-refractivity contribution is 0.199. The molecule has 1 aromatic carbocycles. The van der Waals surface area contributed by atoms with E-state index in [2.05, 4.69) is 10.3 Å². The van der Waals surface area contributed by atoms with Crippen LogP contribution < -0.4 is 10.2 Å². The third-order valence-corrected chi connectivity index (χ3v) is 3.18. The van der Waals surface area contributed by atoms with E-state index in [0.29, 0.717) is 6.61 Å². The average Bonchev–Trinajstić information content (AvgIpc) is 2.52. The fourth-order valence-electron chi connectivity index (χ4n) is 1.92. The maximum Gasteiger partial charge on any atom is 0.132 e. The van der Waals surface area contributed by atoms with Gasteiger partial charge in [0.1, 0.15) is 11.6 Å². The summed E-state index contributed by atoms with van der Waals surface area (Å²) in [5.41, 5.74) is 2.01. The van der Waals surface area contributed by atoms with E-state index in [9.17, 15) is 4.39 Å². The molecule has 5 heteroatoms. The second-order valence-electron chi connectivity index (χ2n) is 4.73. The molecular weight excluding hydrogens is 269 g/mol. The van der Waals surface area contributed by atoms with Crippen molar-refractivity contribution >= 4 is 11.5 Å². The van der Waals surface area contributed by atoms with E-state index in [1.807, 2.05) is 30.3 Å². The van der Waals surface area contributed by atoms with Crippen molar-refractivity contribution in [2.45, 2.75) is 6.54 Å². The van der Waals surface area contributed by atoms with Gasteiger partial charge in [-0.3, -0.25) is 0 Å². The second kappa shape index (κ2) is 7.71. The van der Waals surface area contributed by atoms with Crippen molar-refractivity contribution in [2.24, 2.45) is 0 Å². The van der Waals surface area contributed by atoms with Crippen LogP contribution in [-0.4, -0.2) is 32.3 Å². The van der Waals surface area contributed by atoms with Crippen LogP contribution >= 0.6 is 0 Å². The first kappa shape index (κ1) is 15.4. The number of pyridine rings is 1. The maximum atomic E-state index is 12.9. The SMILES string of the molecule is COCCNCc1ccc(N(C)c2ccc(F)cc2)nc1. The number of methoxy groups -OCH3 is 1. The van der Waals surface area contributed by atoms with Crippen molar-refractivity contribution in [2.75, 3.05) is 32.2 Å². The highest BCUT2D eigenvalue weighted by Crippen LogP contribution is 2.21. The van der Waals surface area contributed by atoms with E-state index >= 15 is 0 Å². The van der Waals surface area contributed by atoms with Crippen LogP contribution in [0, 0.1) is 5.82 Å². The lowest BCUT2D eigenvalue weighted by Gasteiger charge is -2.18. The number of benzene rings is 1. The number of aromatic nitrogens is 1. The standard InChI is InChI=1S/C16H20FN3O/c1-20(15-6-4-14(17)5-7-15)16-8-3-13(12-19-16)11-18-9-10-21-2/h3-8,12,18H,9-11H2,1-2H3. The predicted molar refractivity (Wildman–Crippen MR) is 82.3 cm³/mol. The van der Waals surface area contributed by atoms with E-state index in [-0.39, 0.29) is 5.82 Å². The van der Waals surface area contributed by atoms with Crippen molar-refractivity contribution in [3.8, 4) is 0 Å². The lowest BCUT2D eigenvalue weighted by Crippen LogP contribution is -2.18. The zero-order valence-electron chi connectivity index (χ0n) is 12.3. The van der Waals surface area contributed by atoms with Gasteiger partial charge in [0.15, 0.2) is 0 Å². The number of hydrogen-bond donors (Lipinski definition) is 1. The summed E-state index contributed by atoms with van der Waals surface area (Å²) in [7, 11) is 3.59. The quantitative estimate of drug-likeness (QED) is 0.795. The number of rotatable bonds is 7. The molecule has 0 aliphatic rings. The van der Waals surface area contributed by atoms with E-state index in [0.717, 1.165) is 30.2 Å². The van der Waals surface area contributed by atoms with E-state index in [1.54, 1.807) is 19.2 Å². The second-order valence-corrected chi connectivity index (χ2v) is 4.73. The molecule has 0 radical (unpaired) electrons. The van der Waals surface area contributed by atoms with Gasteiger partial charge < -0.3 is 15.0 Å². The monoisotopic (exact) mass is 289 g/mol. The normalized spacial score (nSPS) is 10.6. The minimum Gasteiger partial charge on any atom is -0.383 e. The number of ether oxygens (including phenoxy) is 1. The van der Waals surface area contributed by atoms with Crippen molar-refractivity contribution in [1.29, 1.82) is 0 Å². The summed E-state index contributed by atoms with van der Waals surface area (Å²) in [6, 6.07) is 10.3. The Kier molecular flexibility index (Phi) is 5.66. The van der Waals surface area contributed by atoms with Crippen LogP contribution in [0.5, 0.6) is 0 Å². The topological polar surface area (TPSA) is 37.4 Å². The molecule has 0 unspecified atom stereocenters. The zero-order chi connectivity index (χ0) is 15.1. The molecule has 0 aliphatic carbocycles. The summed E-state index contributed by atoms with van der Waals surface area (Å²) in [4.78, 5) is 6.36. The maximum absolute atomic E-state index is 12.9. The van der Waals surface area contributed by atoms with Gasteiger partial charge in [-0.1, -0.05) is 6.07 Å². The Morgan fingerprint density at radius 3 is 2.57 bits per heavy atom. The van der Waals surface area contributed by atoms with Gasteiger partial charge in [0.25, 0.3) is 0 Å². The molecule has 0 spiro atoms. The molecule has 2 aromatic rings. The van der Waals surface area contributed by atoms with E-state index in [4.69, 9.17) is 4.74 Å². The highest BCUT2D eigenvalue weighted by atomic mass is 19.1. The first-order valence-electron chi connectivity index (χ1n) is 6.84. The Labute approximate surface area is 124 Å². The van der Waals surface area contributed by atoms with Crippen LogP contribution in [0.25, 0.3) is 0 Å². The van der Waals surface area contributed by atoms with Gasteiger partial charge in [-0.2, -0.15) is 0 Å². The van der Waals surface area contributed by atoms with Crippen LogP contribution in [0.15, 0.2) is 42.6 Å². The van der Waals surface area contributed by atoms with Crippen molar-refractivity contribution in [3.05, 3.63) is 54.0 Å². The summed E-state index contributed by atoms with van der Waals surface area (Å²) >= 11 is 0. The van der Waals surface area contributed by atoms with Gasteiger partial charge in [-0.05, 0) is 35.9 Å². The van der Waals surface area contributed by atoms with E-state index in [1.165, 1.54) is 12.1 Å². The largest absolute Gasteiger partial charge is 0.383 e. The van der Waals surface area contributed by atoms with Crippen molar-refractivity contribution < 1.29 is 9.13 Å². The Bertz CT molecular complexity index is 542. The van der Waals surface area contributed by atoms with Crippen molar-refractivity contribution in [1.82, 2.24) is 10.3 Å². The molecule has 112 valence electrons. The highest BCUT2D eigenvalue weighted by Gasteiger charge is 2.05. The van der Waals surface area contributed by atoms with Crippen LogP contribution in [0.3, 0.4) is 0 Å². The molecule has 0 bridgehead atoms. The predicted octanol–water partition coefficient (Wildman–Crippen LogP) is 2.72. The van der Waals surface area contributed by atoms with Crippen LogP contribution in [0.2, 0.25) is 0 Å². The fourth-order valence-corrected chi connectivity index (χ4v) is 1.92. The van der Waals surface area contributed by atoms with Crippen molar-refractivity contribution in [3.63, 3.8) is 0 Å². The van der Waals surface area contributed by atoms with Gasteiger partial charge >= 0.3 is 0 Å². The number of anilines is 2. The molecule has 1 heterocycles. The first-order chi connectivity index (χ1) is 10.2. The molecule has 4 nitrogen and oxygen atoms in total. The molecule has 0 atom stereocenters. The molecule has 1 aromatic heterocycles. The minimum absolute atomic E-state index is 0.238. The third kappa shape index (κ3) is 4.51. The van der Waals surface area contributed by atoms with Gasteiger partial charge in [0.2, 0.25) is 0 Å². The van der Waals surface area contributed by atoms with Crippen LogP contribution in [-0.2, 0) is 11.3 Å². The summed E-state index contributed by atoms with van der Waals surface area (Å²) in [5.74, 6) is 0.583. The van der Waals surface area contributed by atoms with Crippen LogP contribution in [0.1, 0.15) is 5.56 Å². The molecule has 21 heavy (non-hydrogen) atoms. The zero-order valence-corrected chi connectivity index (χ0v) is 12.3. The summed E-state index contributed by atoms with van der Waals surface area (Å²) in [5, 5.41) is 3.27. The first-order valence-corrected chi connectivity index (χ1v) is 6.84.